The molecule has 3 rings (SSSR count). The number of fused-ring (bicyclic) bond motifs is 1. The van der Waals surface area contributed by atoms with Gasteiger partial charge in [0.2, 0.25) is 0 Å². The third-order valence-corrected chi connectivity index (χ3v) is 3.18. The van der Waals surface area contributed by atoms with Crippen molar-refractivity contribution >= 4 is 26.8 Å². The number of nitrogens with zero attached hydrogens (tertiary/aromatic N) is 1. The van der Waals surface area contributed by atoms with Gasteiger partial charge < -0.3 is 0 Å². The van der Waals surface area contributed by atoms with Crippen molar-refractivity contribution in [2.45, 2.75) is 18.8 Å². The molecule has 2 heteroatoms. The first kappa shape index (κ1) is 8.42. The van der Waals surface area contributed by atoms with E-state index in [2.05, 4.69) is 45.2 Å². The molecule has 1 fully saturated rings. The summed E-state index contributed by atoms with van der Waals surface area (Å²) in [6.45, 7) is 0. The van der Waals surface area contributed by atoms with Crippen LogP contribution in [0.3, 0.4) is 0 Å². The molecule has 1 nitrogen and oxygen atoms in total. The second kappa shape index (κ2) is 3.06. The first-order valence-electron chi connectivity index (χ1n) is 4.90. The predicted molar refractivity (Wildman–Crippen MR) is 61.4 cm³/mol. The van der Waals surface area contributed by atoms with Crippen LogP contribution in [-0.4, -0.2) is 4.98 Å². The van der Waals surface area contributed by atoms with Crippen molar-refractivity contribution in [3.63, 3.8) is 0 Å². The van der Waals surface area contributed by atoms with Crippen LogP contribution in [0, 0.1) is 0 Å². The predicted octanol–water partition coefficient (Wildman–Crippen LogP) is 3.87. The Morgan fingerprint density at radius 3 is 2.79 bits per heavy atom. The molecule has 0 radical (unpaired) electrons. The van der Waals surface area contributed by atoms with Gasteiger partial charge in [-0.1, -0.05) is 24.3 Å². The summed E-state index contributed by atoms with van der Waals surface area (Å²) in [5.74, 6) is 0.764. The zero-order valence-corrected chi connectivity index (χ0v) is 9.29. The molecule has 0 amide bonds. The lowest BCUT2D eigenvalue weighted by molar-refractivity contribution is 1.13. The second-order valence-electron chi connectivity index (χ2n) is 3.83. The Labute approximate surface area is 91.3 Å². The van der Waals surface area contributed by atoms with E-state index in [0.717, 1.165) is 10.5 Å². The topological polar surface area (TPSA) is 12.9 Å². The molecule has 0 aliphatic heterocycles. The van der Waals surface area contributed by atoms with E-state index in [9.17, 15) is 0 Å². The highest BCUT2D eigenvalue weighted by atomic mass is 79.9. The van der Waals surface area contributed by atoms with Crippen molar-refractivity contribution < 1.29 is 0 Å². The molecular weight excluding hydrogens is 238 g/mol. The van der Waals surface area contributed by atoms with Crippen LogP contribution < -0.4 is 0 Å². The Morgan fingerprint density at radius 1 is 1.14 bits per heavy atom. The van der Waals surface area contributed by atoms with E-state index in [-0.39, 0.29) is 0 Å². The number of hydrogen-bond donors (Lipinski definition) is 0. The van der Waals surface area contributed by atoms with Gasteiger partial charge in [-0.15, -0.1) is 0 Å². The van der Waals surface area contributed by atoms with Gasteiger partial charge >= 0.3 is 0 Å². The minimum Gasteiger partial charge on any atom is -0.241 e. The maximum atomic E-state index is 4.55. The van der Waals surface area contributed by atoms with Gasteiger partial charge in [-0.3, -0.25) is 0 Å². The minimum absolute atomic E-state index is 0.764. The Bertz CT molecular complexity index is 489. The molecule has 70 valence electrons. The third-order valence-electron chi connectivity index (χ3n) is 2.73. The molecule has 0 N–H and O–H groups in total. The molecule has 1 heterocycles. The van der Waals surface area contributed by atoms with Gasteiger partial charge in [0.25, 0.3) is 0 Å². The van der Waals surface area contributed by atoms with E-state index in [1.165, 1.54) is 29.3 Å². The number of aromatic nitrogens is 1. The van der Waals surface area contributed by atoms with E-state index in [1.807, 2.05) is 6.07 Å². The Balaban J connectivity index is 2.32. The maximum Gasteiger partial charge on any atom is 0.106 e. The third kappa shape index (κ3) is 1.34. The van der Waals surface area contributed by atoms with Gasteiger partial charge in [0.05, 0.1) is 5.52 Å². The Morgan fingerprint density at radius 2 is 2.00 bits per heavy atom. The lowest BCUT2D eigenvalue weighted by atomic mass is 10.1. The molecule has 1 aliphatic rings. The Hall–Kier alpha value is -0.890. The fourth-order valence-electron chi connectivity index (χ4n) is 1.87. The largest absolute Gasteiger partial charge is 0.241 e. The number of benzene rings is 1. The van der Waals surface area contributed by atoms with E-state index in [0.29, 0.717) is 0 Å². The van der Waals surface area contributed by atoms with Gasteiger partial charge in [-0.25, -0.2) is 4.98 Å². The van der Waals surface area contributed by atoms with E-state index < -0.39 is 0 Å². The van der Waals surface area contributed by atoms with Crippen LogP contribution in [-0.2, 0) is 0 Å². The summed E-state index contributed by atoms with van der Waals surface area (Å²) < 4.78 is 0.929. The summed E-state index contributed by atoms with van der Waals surface area (Å²) in [4.78, 5) is 4.55. The zero-order chi connectivity index (χ0) is 9.54. The maximum absolute atomic E-state index is 4.55. The standard InChI is InChI=1S/C12H10BrN/c13-11-7-6-9-2-1-3-10(8-4-5-8)12(9)14-11/h1-3,6-8H,4-5H2. The van der Waals surface area contributed by atoms with E-state index in [1.54, 1.807) is 0 Å². The van der Waals surface area contributed by atoms with Crippen LogP contribution in [0.2, 0.25) is 0 Å². The summed E-state index contributed by atoms with van der Waals surface area (Å²) >= 11 is 3.42. The lowest BCUT2D eigenvalue weighted by Gasteiger charge is -2.03. The van der Waals surface area contributed by atoms with Crippen molar-refractivity contribution in [2.75, 3.05) is 0 Å². The minimum atomic E-state index is 0.764. The van der Waals surface area contributed by atoms with Gasteiger partial charge in [0.15, 0.2) is 0 Å². The van der Waals surface area contributed by atoms with Crippen LogP contribution in [0.15, 0.2) is 34.9 Å². The number of rotatable bonds is 1. The zero-order valence-electron chi connectivity index (χ0n) is 7.70. The molecule has 14 heavy (non-hydrogen) atoms. The quantitative estimate of drug-likeness (QED) is 0.698. The first-order chi connectivity index (χ1) is 6.84. The van der Waals surface area contributed by atoms with Crippen molar-refractivity contribution in [3.05, 3.63) is 40.5 Å². The monoisotopic (exact) mass is 247 g/mol. The summed E-state index contributed by atoms with van der Waals surface area (Å²) in [7, 11) is 0. The summed E-state index contributed by atoms with van der Waals surface area (Å²) in [6, 6.07) is 10.6. The number of hydrogen-bond acceptors (Lipinski definition) is 1. The first-order valence-corrected chi connectivity index (χ1v) is 5.69. The molecule has 1 aromatic carbocycles. The van der Waals surface area contributed by atoms with Crippen molar-refractivity contribution in [3.8, 4) is 0 Å². The fraction of sp³-hybridized carbons (Fsp3) is 0.250. The van der Waals surface area contributed by atoms with Gasteiger partial charge in [-0.05, 0) is 46.3 Å². The highest BCUT2D eigenvalue weighted by Crippen LogP contribution is 2.42. The van der Waals surface area contributed by atoms with Gasteiger partial charge in [0.1, 0.15) is 4.60 Å². The Kier molecular flexibility index (Phi) is 1.84. The van der Waals surface area contributed by atoms with E-state index >= 15 is 0 Å². The molecule has 0 bridgehead atoms. The molecule has 1 aromatic heterocycles. The average Bonchev–Trinajstić information content (AvgIpc) is 3.00. The second-order valence-corrected chi connectivity index (χ2v) is 4.64. The lowest BCUT2D eigenvalue weighted by Crippen LogP contribution is -1.86. The highest BCUT2D eigenvalue weighted by Gasteiger charge is 2.25. The smallest absolute Gasteiger partial charge is 0.106 e. The average molecular weight is 248 g/mol. The summed E-state index contributed by atoms with van der Waals surface area (Å²) in [5, 5.41) is 1.25. The fourth-order valence-corrected chi connectivity index (χ4v) is 2.18. The number of halogens is 1. The van der Waals surface area contributed by atoms with Crippen LogP contribution >= 0.6 is 15.9 Å². The van der Waals surface area contributed by atoms with Crippen LogP contribution in [0.1, 0.15) is 24.3 Å². The van der Waals surface area contributed by atoms with E-state index in [4.69, 9.17) is 0 Å². The van der Waals surface area contributed by atoms with Crippen LogP contribution in [0.5, 0.6) is 0 Å². The van der Waals surface area contributed by atoms with Crippen molar-refractivity contribution in [1.29, 1.82) is 0 Å². The van der Waals surface area contributed by atoms with Gasteiger partial charge in [0, 0.05) is 5.39 Å². The number of para-hydroxylation sites is 1. The highest BCUT2D eigenvalue weighted by molar-refractivity contribution is 9.10. The molecule has 1 saturated carbocycles. The molecule has 0 atom stereocenters. The van der Waals surface area contributed by atoms with Crippen LogP contribution in [0.4, 0.5) is 0 Å². The number of pyridine rings is 1. The molecule has 1 aliphatic carbocycles. The van der Waals surface area contributed by atoms with Crippen LogP contribution in [0.25, 0.3) is 10.9 Å². The summed E-state index contributed by atoms with van der Waals surface area (Å²) in [6.07, 6.45) is 2.65. The molecule has 0 spiro atoms. The molecule has 0 saturated heterocycles. The van der Waals surface area contributed by atoms with Gasteiger partial charge in [-0.2, -0.15) is 0 Å². The normalized spacial score (nSPS) is 16.1. The molecular formula is C12H10BrN. The SMILES string of the molecule is Brc1ccc2cccc(C3CC3)c2n1. The molecule has 0 unspecified atom stereocenters. The summed E-state index contributed by atoms with van der Waals surface area (Å²) in [5.41, 5.74) is 2.59. The molecule has 2 aromatic rings. The van der Waals surface area contributed by atoms with Crippen molar-refractivity contribution in [2.24, 2.45) is 0 Å². The van der Waals surface area contributed by atoms with Crippen molar-refractivity contribution in [1.82, 2.24) is 4.98 Å².